The second kappa shape index (κ2) is 8.49. The Kier molecular flexibility index (Phi) is 6.05. The molecule has 0 bridgehead atoms. The highest BCUT2D eigenvalue weighted by Gasteiger charge is 2.29. The number of aliphatic imine (C=N–C) groups is 1. The first-order valence-electron chi connectivity index (χ1n) is 8.92. The van der Waals surface area contributed by atoms with E-state index in [1.54, 1.807) is 17.8 Å². The number of aryl methyl sites for hydroxylation is 1. The molecule has 0 spiro atoms. The third kappa shape index (κ3) is 5.37. The molecular formula is C18H23F3N6O. The van der Waals surface area contributed by atoms with Gasteiger partial charge in [0.2, 0.25) is 5.88 Å². The van der Waals surface area contributed by atoms with Crippen LogP contribution in [0.1, 0.15) is 23.5 Å². The average Bonchev–Trinajstić information content (AvgIpc) is 3.30. The number of pyridine rings is 1. The van der Waals surface area contributed by atoms with Crippen molar-refractivity contribution in [3.8, 4) is 5.88 Å². The van der Waals surface area contributed by atoms with Gasteiger partial charge in [-0.25, -0.2) is 4.98 Å². The normalized spacial score (nSPS) is 17.8. The lowest BCUT2D eigenvalue weighted by molar-refractivity contribution is -0.154. The largest absolute Gasteiger partial charge is 0.468 e. The second-order valence-corrected chi connectivity index (χ2v) is 6.69. The zero-order chi connectivity index (χ0) is 20.1. The molecule has 3 heterocycles. The van der Waals surface area contributed by atoms with Gasteiger partial charge in [-0.3, -0.25) is 9.67 Å². The SMILES string of the molecule is CN=C(NCc1ccnc(OCC(F)(F)F)c1)N1CCC(c2cnn(C)c2)C1. The Bertz CT molecular complexity index is 820. The number of halogens is 3. The third-order valence-electron chi connectivity index (χ3n) is 4.53. The van der Waals surface area contributed by atoms with Gasteiger partial charge in [-0.15, -0.1) is 0 Å². The number of nitrogens with one attached hydrogen (secondary N) is 1. The minimum Gasteiger partial charge on any atom is -0.468 e. The first kappa shape index (κ1) is 20.0. The molecule has 7 nitrogen and oxygen atoms in total. The summed E-state index contributed by atoms with van der Waals surface area (Å²) < 4.78 is 43.3. The zero-order valence-corrected chi connectivity index (χ0v) is 15.8. The summed E-state index contributed by atoms with van der Waals surface area (Å²) in [5, 5.41) is 7.48. The van der Waals surface area contributed by atoms with E-state index < -0.39 is 12.8 Å². The van der Waals surface area contributed by atoms with Gasteiger partial charge in [-0.2, -0.15) is 18.3 Å². The number of rotatable bonds is 5. The van der Waals surface area contributed by atoms with Crippen LogP contribution >= 0.6 is 0 Å². The highest BCUT2D eigenvalue weighted by atomic mass is 19.4. The van der Waals surface area contributed by atoms with Crippen molar-refractivity contribution in [1.29, 1.82) is 0 Å². The maximum Gasteiger partial charge on any atom is 0.422 e. The van der Waals surface area contributed by atoms with Crippen molar-refractivity contribution in [2.75, 3.05) is 26.7 Å². The van der Waals surface area contributed by atoms with Crippen molar-refractivity contribution in [2.24, 2.45) is 12.0 Å². The molecule has 1 atom stereocenters. The average molecular weight is 396 g/mol. The topological polar surface area (TPSA) is 67.6 Å². The number of hydrogen-bond acceptors (Lipinski definition) is 4. The van der Waals surface area contributed by atoms with Crippen LogP contribution in [0.2, 0.25) is 0 Å². The molecule has 1 unspecified atom stereocenters. The Morgan fingerprint density at radius 1 is 1.43 bits per heavy atom. The van der Waals surface area contributed by atoms with Crippen LogP contribution in [0.5, 0.6) is 5.88 Å². The van der Waals surface area contributed by atoms with Crippen LogP contribution in [0, 0.1) is 0 Å². The molecule has 2 aromatic rings. The van der Waals surface area contributed by atoms with Crippen molar-refractivity contribution >= 4 is 5.96 Å². The fourth-order valence-corrected chi connectivity index (χ4v) is 3.18. The van der Waals surface area contributed by atoms with Gasteiger partial charge in [-0.1, -0.05) is 0 Å². The lowest BCUT2D eigenvalue weighted by atomic mass is 10.0. The van der Waals surface area contributed by atoms with E-state index in [2.05, 4.69) is 25.3 Å². The summed E-state index contributed by atoms with van der Waals surface area (Å²) in [6.07, 6.45) is 1.98. The van der Waals surface area contributed by atoms with E-state index in [9.17, 15) is 13.2 Å². The Morgan fingerprint density at radius 3 is 2.93 bits per heavy atom. The first-order chi connectivity index (χ1) is 13.3. The van der Waals surface area contributed by atoms with E-state index in [1.807, 2.05) is 19.4 Å². The van der Waals surface area contributed by atoms with Crippen molar-refractivity contribution in [2.45, 2.75) is 25.1 Å². The molecule has 10 heteroatoms. The van der Waals surface area contributed by atoms with Crippen molar-refractivity contribution < 1.29 is 17.9 Å². The van der Waals surface area contributed by atoms with Crippen LogP contribution in [0.25, 0.3) is 0 Å². The molecule has 1 fully saturated rings. The fourth-order valence-electron chi connectivity index (χ4n) is 3.18. The molecule has 0 aromatic carbocycles. The van der Waals surface area contributed by atoms with Crippen LogP contribution < -0.4 is 10.1 Å². The van der Waals surface area contributed by atoms with Gasteiger partial charge in [-0.05, 0) is 23.6 Å². The standard InChI is InChI=1S/C18H23F3N6O/c1-22-17(27-6-4-14(11-27)15-9-25-26(2)10-15)24-8-13-3-5-23-16(7-13)28-12-18(19,20)21/h3,5,7,9-10,14H,4,6,8,11-12H2,1-2H3,(H,22,24). The van der Waals surface area contributed by atoms with Crippen molar-refractivity contribution in [3.05, 3.63) is 41.9 Å². The lowest BCUT2D eigenvalue weighted by Crippen LogP contribution is -2.39. The number of likely N-dealkylation sites (tertiary alicyclic amines) is 1. The minimum atomic E-state index is -4.39. The first-order valence-corrected chi connectivity index (χ1v) is 8.92. The number of alkyl halides is 3. The van der Waals surface area contributed by atoms with Crippen LogP contribution in [-0.4, -0.2) is 58.5 Å². The fraction of sp³-hybridized carbons (Fsp3) is 0.500. The van der Waals surface area contributed by atoms with Crippen molar-refractivity contribution in [3.63, 3.8) is 0 Å². The van der Waals surface area contributed by atoms with E-state index >= 15 is 0 Å². The van der Waals surface area contributed by atoms with Crippen LogP contribution in [-0.2, 0) is 13.6 Å². The van der Waals surface area contributed by atoms with E-state index in [0.29, 0.717) is 12.5 Å². The molecule has 1 saturated heterocycles. The van der Waals surface area contributed by atoms with Crippen LogP contribution in [0.4, 0.5) is 13.2 Å². The van der Waals surface area contributed by atoms with Gasteiger partial charge < -0.3 is 15.0 Å². The maximum atomic E-state index is 12.3. The molecule has 0 radical (unpaired) electrons. The monoisotopic (exact) mass is 396 g/mol. The van der Waals surface area contributed by atoms with E-state index in [-0.39, 0.29) is 5.88 Å². The second-order valence-electron chi connectivity index (χ2n) is 6.69. The summed E-state index contributed by atoms with van der Waals surface area (Å²) in [5.74, 6) is 1.10. The van der Waals surface area contributed by atoms with E-state index in [4.69, 9.17) is 4.74 Å². The van der Waals surface area contributed by atoms with Gasteiger partial charge in [0.1, 0.15) is 0 Å². The minimum absolute atomic E-state index is 0.0515. The summed E-state index contributed by atoms with van der Waals surface area (Å²) in [6.45, 7) is 0.755. The zero-order valence-electron chi connectivity index (χ0n) is 15.8. The molecule has 0 saturated carbocycles. The van der Waals surface area contributed by atoms with E-state index in [1.165, 1.54) is 17.8 Å². The number of nitrogens with zero attached hydrogens (tertiary/aromatic N) is 5. The van der Waals surface area contributed by atoms with Gasteiger partial charge in [0, 0.05) is 58.1 Å². The van der Waals surface area contributed by atoms with Crippen LogP contribution in [0.15, 0.2) is 35.7 Å². The summed E-state index contributed by atoms with van der Waals surface area (Å²) in [6, 6.07) is 3.22. The molecule has 0 amide bonds. The Balaban J connectivity index is 1.54. The molecule has 152 valence electrons. The summed E-state index contributed by atoms with van der Waals surface area (Å²) in [7, 11) is 3.61. The molecule has 2 aromatic heterocycles. The quantitative estimate of drug-likeness (QED) is 0.621. The highest BCUT2D eigenvalue weighted by molar-refractivity contribution is 5.80. The summed E-state index contributed by atoms with van der Waals surface area (Å²) >= 11 is 0. The van der Waals surface area contributed by atoms with Crippen molar-refractivity contribution in [1.82, 2.24) is 25.0 Å². The Morgan fingerprint density at radius 2 is 2.25 bits per heavy atom. The maximum absolute atomic E-state index is 12.3. The van der Waals surface area contributed by atoms with Gasteiger partial charge in [0.05, 0.1) is 6.20 Å². The number of hydrogen-bond donors (Lipinski definition) is 1. The molecule has 1 aliphatic heterocycles. The molecule has 3 rings (SSSR count). The summed E-state index contributed by atoms with van der Waals surface area (Å²) in [5.41, 5.74) is 1.97. The summed E-state index contributed by atoms with van der Waals surface area (Å²) in [4.78, 5) is 10.3. The molecule has 0 aliphatic carbocycles. The van der Waals surface area contributed by atoms with Gasteiger partial charge in [0.25, 0.3) is 0 Å². The predicted molar refractivity (Wildman–Crippen MR) is 98.1 cm³/mol. The van der Waals surface area contributed by atoms with Gasteiger partial charge in [0.15, 0.2) is 12.6 Å². The predicted octanol–water partition coefficient (Wildman–Crippen LogP) is 2.32. The lowest BCUT2D eigenvalue weighted by Gasteiger charge is -2.21. The third-order valence-corrected chi connectivity index (χ3v) is 4.53. The number of aromatic nitrogens is 3. The number of guanidine groups is 1. The highest BCUT2D eigenvalue weighted by Crippen LogP contribution is 2.26. The van der Waals surface area contributed by atoms with Gasteiger partial charge >= 0.3 is 6.18 Å². The van der Waals surface area contributed by atoms with E-state index in [0.717, 1.165) is 31.0 Å². The molecule has 1 aliphatic rings. The Labute approximate surface area is 161 Å². The Hall–Kier alpha value is -2.78. The molecular weight excluding hydrogens is 373 g/mol. The molecule has 1 N–H and O–H groups in total. The molecule has 28 heavy (non-hydrogen) atoms. The smallest absolute Gasteiger partial charge is 0.422 e. The van der Waals surface area contributed by atoms with Crippen LogP contribution in [0.3, 0.4) is 0 Å². The number of ether oxygens (including phenoxy) is 1.